The molecule has 0 spiro atoms. The third-order valence-electron chi connectivity index (χ3n) is 3.71. The number of rotatable bonds is 4. The lowest BCUT2D eigenvalue weighted by Gasteiger charge is -2.18. The zero-order valence-corrected chi connectivity index (χ0v) is 13.7. The van der Waals surface area contributed by atoms with Gasteiger partial charge in [-0.2, -0.15) is 4.31 Å². The molecular formula is C17H21NO2S. The summed E-state index contributed by atoms with van der Waals surface area (Å²) in [6.45, 7) is 6.28. The van der Waals surface area contributed by atoms with Crippen LogP contribution < -0.4 is 0 Å². The van der Waals surface area contributed by atoms with Crippen molar-refractivity contribution in [3.05, 3.63) is 64.7 Å². The van der Waals surface area contributed by atoms with Gasteiger partial charge < -0.3 is 0 Å². The first-order valence-electron chi connectivity index (χ1n) is 6.90. The van der Waals surface area contributed by atoms with Gasteiger partial charge in [0.05, 0.1) is 4.90 Å². The monoisotopic (exact) mass is 303 g/mol. The first kappa shape index (κ1) is 15.7. The number of benzene rings is 2. The van der Waals surface area contributed by atoms with E-state index in [-0.39, 0.29) is 0 Å². The second-order valence-electron chi connectivity index (χ2n) is 5.49. The molecule has 0 aliphatic carbocycles. The predicted molar refractivity (Wildman–Crippen MR) is 85.7 cm³/mol. The highest BCUT2D eigenvalue weighted by molar-refractivity contribution is 7.89. The van der Waals surface area contributed by atoms with E-state index in [1.807, 2.05) is 51.1 Å². The Labute approximate surface area is 127 Å². The van der Waals surface area contributed by atoms with Crippen molar-refractivity contribution in [2.24, 2.45) is 0 Å². The SMILES string of the molecule is Cc1ccc(CN(C)S(=O)(=O)c2ccc(C)c(C)c2)cc1. The van der Waals surface area contributed by atoms with Crippen LogP contribution in [0.25, 0.3) is 0 Å². The van der Waals surface area contributed by atoms with Gasteiger partial charge in [-0.1, -0.05) is 35.9 Å². The van der Waals surface area contributed by atoms with Gasteiger partial charge in [-0.3, -0.25) is 0 Å². The molecule has 3 nitrogen and oxygen atoms in total. The Morgan fingerprint density at radius 3 is 2.10 bits per heavy atom. The van der Waals surface area contributed by atoms with Gasteiger partial charge in [-0.15, -0.1) is 0 Å². The fourth-order valence-electron chi connectivity index (χ4n) is 2.09. The van der Waals surface area contributed by atoms with Crippen LogP contribution in [0.5, 0.6) is 0 Å². The van der Waals surface area contributed by atoms with Crippen LogP contribution in [0.1, 0.15) is 22.3 Å². The zero-order chi connectivity index (χ0) is 15.6. The smallest absolute Gasteiger partial charge is 0.207 e. The van der Waals surface area contributed by atoms with Crippen LogP contribution in [-0.4, -0.2) is 19.8 Å². The summed E-state index contributed by atoms with van der Waals surface area (Å²) in [5, 5.41) is 0. The fraction of sp³-hybridized carbons (Fsp3) is 0.294. The van der Waals surface area contributed by atoms with E-state index in [1.165, 1.54) is 9.87 Å². The lowest BCUT2D eigenvalue weighted by Crippen LogP contribution is -2.26. The summed E-state index contributed by atoms with van der Waals surface area (Å²) in [6.07, 6.45) is 0. The average Bonchev–Trinajstić information content (AvgIpc) is 2.44. The molecule has 2 aromatic rings. The Bertz CT molecular complexity index is 734. The zero-order valence-electron chi connectivity index (χ0n) is 12.9. The third-order valence-corrected chi connectivity index (χ3v) is 5.51. The molecule has 0 unspecified atom stereocenters. The van der Waals surface area contributed by atoms with Crippen molar-refractivity contribution in [1.29, 1.82) is 0 Å². The number of hydrogen-bond acceptors (Lipinski definition) is 2. The maximum absolute atomic E-state index is 12.6. The van der Waals surface area contributed by atoms with Gasteiger partial charge in [0.15, 0.2) is 0 Å². The van der Waals surface area contributed by atoms with Crippen molar-refractivity contribution >= 4 is 10.0 Å². The van der Waals surface area contributed by atoms with E-state index in [1.54, 1.807) is 19.2 Å². The number of sulfonamides is 1. The largest absolute Gasteiger partial charge is 0.243 e. The maximum atomic E-state index is 12.6. The van der Waals surface area contributed by atoms with Crippen molar-refractivity contribution < 1.29 is 8.42 Å². The van der Waals surface area contributed by atoms with Gasteiger partial charge in [-0.05, 0) is 49.6 Å². The van der Waals surface area contributed by atoms with Crippen LogP contribution in [0.4, 0.5) is 0 Å². The van der Waals surface area contributed by atoms with Crippen molar-refractivity contribution in [2.75, 3.05) is 7.05 Å². The molecule has 0 amide bonds. The molecule has 0 atom stereocenters. The molecule has 0 aliphatic heterocycles. The molecule has 0 fully saturated rings. The Morgan fingerprint density at radius 2 is 1.52 bits per heavy atom. The van der Waals surface area contributed by atoms with Crippen LogP contribution in [0.3, 0.4) is 0 Å². The van der Waals surface area contributed by atoms with Crippen molar-refractivity contribution in [3.63, 3.8) is 0 Å². The Morgan fingerprint density at radius 1 is 0.905 bits per heavy atom. The Hall–Kier alpha value is -1.65. The minimum absolute atomic E-state index is 0.347. The number of hydrogen-bond donors (Lipinski definition) is 0. The lowest BCUT2D eigenvalue weighted by molar-refractivity contribution is 0.466. The molecule has 2 aromatic carbocycles. The van der Waals surface area contributed by atoms with Crippen LogP contribution in [0, 0.1) is 20.8 Å². The Balaban J connectivity index is 2.25. The third kappa shape index (κ3) is 3.52. The fourth-order valence-corrected chi connectivity index (χ4v) is 3.33. The predicted octanol–water partition coefficient (Wildman–Crippen LogP) is 3.43. The molecule has 0 heterocycles. The van der Waals surface area contributed by atoms with E-state index < -0.39 is 10.0 Å². The molecule has 21 heavy (non-hydrogen) atoms. The number of aryl methyl sites for hydroxylation is 3. The summed E-state index contributed by atoms with van der Waals surface area (Å²) in [7, 11) is -1.84. The van der Waals surface area contributed by atoms with Gasteiger partial charge in [0, 0.05) is 13.6 Å². The summed E-state index contributed by atoms with van der Waals surface area (Å²) in [5.74, 6) is 0. The average molecular weight is 303 g/mol. The molecule has 0 aromatic heterocycles. The molecule has 112 valence electrons. The van der Waals surface area contributed by atoms with Crippen molar-refractivity contribution in [1.82, 2.24) is 4.31 Å². The lowest BCUT2D eigenvalue weighted by atomic mass is 10.1. The van der Waals surface area contributed by atoms with Crippen LogP contribution in [0.2, 0.25) is 0 Å². The van der Waals surface area contributed by atoms with Crippen LogP contribution in [0.15, 0.2) is 47.4 Å². The number of nitrogens with zero attached hydrogens (tertiary/aromatic N) is 1. The molecule has 0 saturated carbocycles. The first-order valence-corrected chi connectivity index (χ1v) is 8.34. The van der Waals surface area contributed by atoms with Gasteiger partial charge in [0.1, 0.15) is 0 Å². The summed E-state index contributed by atoms with van der Waals surface area (Å²) in [4.78, 5) is 0.347. The molecule has 0 saturated heterocycles. The van der Waals surface area contributed by atoms with Crippen molar-refractivity contribution in [3.8, 4) is 0 Å². The molecule has 2 rings (SSSR count). The van der Waals surface area contributed by atoms with E-state index in [0.717, 1.165) is 16.7 Å². The minimum Gasteiger partial charge on any atom is -0.207 e. The van der Waals surface area contributed by atoms with E-state index in [4.69, 9.17) is 0 Å². The minimum atomic E-state index is -3.45. The second kappa shape index (κ2) is 6.00. The van der Waals surface area contributed by atoms with Gasteiger partial charge in [-0.25, -0.2) is 8.42 Å². The summed E-state index contributed by atoms with van der Waals surface area (Å²) in [6, 6.07) is 13.2. The van der Waals surface area contributed by atoms with Crippen LogP contribution in [-0.2, 0) is 16.6 Å². The van der Waals surface area contributed by atoms with Gasteiger partial charge in [0.2, 0.25) is 10.0 Å². The topological polar surface area (TPSA) is 37.4 Å². The van der Waals surface area contributed by atoms with Crippen LogP contribution >= 0.6 is 0 Å². The summed E-state index contributed by atoms with van der Waals surface area (Å²) >= 11 is 0. The normalized spacial score (nSPS) is 11.9. The van der Waals surface area contributed by atoms with E-state index in [0.29, 0.717) is 11.4 Å². The highest BCUT2D eigenvalue weighted by Crippen LogP contribution is 2.19. The molecule has 0 N–H and O–H groups in total. The molecule has 0 bridgehead atoms. The molecule has 0 radical (unpaired) electrons. The van der Waals surface area contributed by atoms with E-state index >= 15 is 0 Å². The highest BCUT2D eigenvalue weighted by Gasteiger charge is 2.21. The maximum Gasteiger partial charge on any atom is 0.243 e. The molecule has 0 aliphatic rings. The van der Waals surface area contributed by atoms with E-state index in [9.17, 15) is 8.42 Å². The highest BCUT2D eigenvalue weighted by atomic mass is 32.2. The molecule has 4 heteroatoms. The standard InChI is InChI=1S/C17H21NO2S/c1-13-5-8-16(9-6-13)12-18(4)21(19,20)17-10-7-14(2)15(3)11-17/h5-11H,12H2,1-4H3. The van der Waals surface area contributed by atoms with Crippen molar-refractivity contribution in [2.45, 2.75) is 32.2 Å². The van der Waals surface area contributed by atoms with E-state index in [2.05, 4.69) is 0 Å². The van der Waals surface area contributed by atoms with Gasteiger partial charge >= 0.3 is 0 Å². The summed E-state index contributed by atoms with van der Waals surface area (Å²) in [5.41, 5.74) is 4.23. The second-order valence-corrected chi connectivity index (χ2v) is 7.54. The van der Waals surface area contributed by atoms with Gasteiger partial charge in [0.25, 0.3) is 0 Å². The summed E-state index contributed by atoms with van der Waals surface area (Å²) < 4.78 is 26.6. The first-order chi connectivity index (χ1) is 9.80. The molecular weight excluding hydrogens is 282 g/mol. The quantitative estimate of drug-likeness (QED) is 0.867. The Kier molecular flexibility index (Phi) is 4.49.